The van der Waals surface area contributed by atoms with E-state index in [4.69, 9.17) is 0 Å². The molecule has 0 spiro atoms. The van der Waals surface area contributed by atoms with Crippen LogP contribution in [0.4, 0.5) is 4.39 Å². The van der Waals surface area contributed by atoms with Crippen LogP contribution in [-0.4, -0.2) is 29.4 Å². The van der Waals surface area contributed by atoms with E-state index in [1.807, 2.05) is 13.8 Å². The zero-order chi connectivity index (χ0) is 13.5. The van der Waals surface area contributed by atoms with Gasteiger partial charge in [-0.3, -0.25) is 0 Å². The highest BCUT2D eigenvalue weighted by Gasteiger charge is 2.10. The van der Waals surface area contributed by atoms with Crippen molar-refractivity contribution < 1.29 is 14.6 Å². The highest BCUT2D eigenvalue weighted by Crippen LogP contribution is 2.13. The molecule has 102 valence electrons. The molecule has 0 fully saturated rings. The molecule has 0 saturated heterocycles. The van der Waals surface area contributed by atoms with Crippen LogP contribution in [0, 0.1) is 11.7 Å². The van der Waals surface area contributed by atoms with Gasteiger partial charge in [-0.25, -0.2) is 4.39 Å². The van der Waals surface area contributed by atoms with Gasteiger partial charge in [0.05, 0.1) is 12.2 Å². The largest absolute Gasteiger partial charge is 0.392 e. The number of benzene rings is 1. The summed E-state index contributed by atoms with van der Waals surface area (Å²) in [5, 5.41) is 22.5. The highest BCUT2D eigenvalue weighted by atomic mass is 19.1. The lowest BCUT2D eigenvalue weighted by Crippen LogP contribution is -2.31. The van der Waals surface area contributed by atoms with Crippen LogP contribution in [0.3, 0.4) is 0 Å². The molecule has 0 aliphatic rings. The van der Waals surface area contributed by atoms with Gasteiger partial charge in [0.1, 0.15) is 5.82 Å². The number of nitrogens with one attached hydrogen (secondary N) is 1. The first-order chi connectivity index (χ1) is 8.49. The topological polar surface area (TPSA) is 52.5 Å². The van der Waals surface area contributed by atoms with E-state index in [9.17, 15) is 14.6 Å². The van der Waals surface area contributed by atoms with E-state index in [0.29, 0.717) is 24.6 Å². The van der Waals surface area contributed by atoms with Gasteiger partial charge < -0.3 is 15.5 Å². The Balaban J connectivity index is 2.31. The molecule has 3 nitrogen and oxygen atoms in total. The van der Waals surface area contributed by atoms with Crippen LogP contribution in [-0.2, 0) is 0 Å². The third kappa shape index (κ3) is 5.58. The van der Waals surface area contributed by atoms with Crippen LogP contribution in [0.2, 0.25) is 0 Å². The van der Waals surface area contributed by atoms with Gasteiger partial charge >= 0.3 is 0 Å². The second-order valence-corrected chi connectivity index (χ2v) is 5.01. The summed E-state index contributed by atoms with van der Waals surface area (Å²) in [7, 11) is 0. The fourth-order valence-corrected chi connectivity index (χ4v) is 1.85. The molecule has 0 aliphatic heterocycles. The van der Waals surface area contributed by atoms with Gasteiger partial charge in [-0.2, -0.15) is 0 Å². The predicted molar refractivity (Wildman–Crippen MR) is 69.7 cm³/mol. The van der Waals surface area contributed by atoms with Crippen molar-refractivity contribution in [1.82, 2.24) is 5.32 Å². The number of aliphatic hydroxyl groups is 2. The van der Waals surface area contributed by atoms with Gasteiger partial charge in [0.25, 0.3) is 0 Å². The maximum Gasteiger partial charge on any atom is 0.123 e. The van der Waals surface area contributed by atoms with Crippen molar-refractivity contribution in [1.29, 1.82) is 0 Å². The Kier molecular flexibility index (Phi) is 6.25. The van der Waals surface area contributed by atoms with Crippen LogP contribution < -0.4 is 5.32 Å². The summed E-state index contributed by atoms with van der Waals surface area (Å²) in [6.45, 7) is 4.83. The van der Waals surface area contributed by atoms with Crippen LogP contribution >= 0.6 is 0 Å². The Hall–Kier alpha value is -0.970. The molecular weight excluding hydrogens is 233 g/mol. The maximum atomic E-state index is 12.9. The molecule has 2 unspecified atom stereocenters. The van der Waals surface area contributed by atoms with Crippen LogP contribution in [0.15, 0.2) is 24.3 Å². The lowest BCUT2D eigenvalue weighted by molar-refractivity contribution is 0.131. The van der Waals surface area contributed by atoms with Crippen molar-refractivity contribution in [2.75, 3.05) is 13.1 Å². The molecule has 0 radical (unpaired) electrons. The van der Waals surface area contributed by atoms with E-state index in [2.05, 4.69) is 5.32 Å². The Morgan fingerprint density at radius 2 is 1.94 bits per heavy atom. The first kappa shape index (κ1) is 15.1. The SMILES string of the molecule is CC(C)CC(O)CNCC(O)c1cccc(F)c1. The molecule has 0 aliphatic carbocycles. The van der Waals surface area contributed by atoms with Crippen molar-refractivity contribution in [3.05, 3.63) is 35.6 Å². The van der Waals surface area contributed by atoms with Gasteiger partial charge in [0.15, 0.2) is 0 Å². The number of halogens is 1. The smallest absolute Gasteiger partial charge is 0.123 e. The lowest BCUT2D eigenvalue weighted by atomic mass is 10.1. The van der Waals surface area contributed by atoms with Crippen molar-refractivity contribution in [3.8, 4) is 0 Å². The average Bonchev–Trinajstić information content (AvgIpc) is 2.27. The van der Waals surface area contributed by atoms with E-state index in [-0.39, 0.29) is 5.82 Å². The molecule has 3 N–H and O–H groups in total. The number of rotatable bonds is 7. The Labute approximate surface area is 108 Å². The normalized spacial score (nSPS) is 14.8. The van der Waals surface area contributed by atoms with E-state index in [1.54, 1.807) is 12.1 Å². The van der Waals surface area contributed by atoms with E-state index < -0.39 is 12.2 Å². The minimum absolute atomic E-state index is 0.304. The van der Waals surface area contributed by atoms with Crippen molar-refractivity contribution >= 4 is 0 Å². The third-order valence-electron chi connectivity index (χ3n) is 2.69. The fraction of sp³-hybridized carbons (Fsp3) is 0.571. The molecule has 0 aromatic heterocycles. The molecule has 0 bridgehead atoms. The van der Waals surface area contributed by atoms with Gasteiger partial charge in [-0.15, -0.1) is 0 Å². The number of aliphatic hydroxyl groups excluding tert-OH is 2. The molecular formula is C14H22FNO2. The quantitative estimate of drug-likeness (QED) is 0.697. The minimum atomic E-state index is -0.757. The molecule has 1 aromatic carbocycles. The summed E-state index contributed by atoms with van der Waals surface area (Å²) in [6.07, 6.45) is -0.445. The molecule has 0 amide bonds. The first-order valence-corrected chi connectivity index (χ1v) is 6.31. The third-order valence-corrected chi connectivity index (χ3v) is 2.69. The molecule has 2 atom stereocenters. The Bertz CT molecular complexity index is 357. The number of hydrogen-bond acceptors (Lipinski definition) is 3. The molecule has 4 heteroatoms. The standard InChI is InChI=1S/C14H22FNO2/c1-10(2)6-13(17)8-16-9-14(18)11-4-3-5-12(15)7-11/h3-5,7,10,13-14,16-18H,6,8-9H2,1-2H3. The maximum absolute atomic E-state index is 12.9. The minimum Gasteiger partial charge on any atom is -0.392 e. The summed E-state index contributed by atoms with van der Waals surface area (Å²) >= 11 is 0. The molecule has 0 heterocycles. The van der Waals surface area contributed by atoms with Crippen molar-refractivity contribution in [3.63, 3.8) is 0 Å². The van der Waals surface area contributed by atoms with E-state index in [1.165, 1.54) is 12.1 Å². The summed E-state index contributed by atoms with van der Waals surface area (Å²) < 4.78 is 12.9. The molecule has 1 rings (SSSR count). The van der Waals surface area contributed by atoms with Crippen LogP contribution in [0.1, 0.15) is 31.9 Å². The Morgan fingerprint density at radius 3 is 2.56 bits per heavy atom. The number of hydrogen-bond donors (Lipinski definition) is 3. The van der Waals surface area contributed by atoms with E-state index in [0.717, 1.165) is 6.42 Å². The van der Waals surface area contributed by atoms with Gasteiger partial charge in [0.2, 0.25) is 0 Å². The predicted octanol–water partition coefficient (Wildman–Crippen LogP) is 1.86. The zero-order valence-corrected chi connectivity index (χ0v) is 10.9. The highest BCUT2D eigenvalue weighted by molar-refractivity contribution is 5.18. The lowest BCUT2D eigenvalue weighted by Gasteiger charge is -2.16. The second-order valence-electron chi connectivity index (χ2n) is 5.01. The van der Waals surface area contributed by atoms with Crippen molar-refractivity contribution in [2.24, 2.45) is 5.92 Å². The van der Waals surface area contributed by atoms with Gasteiger partial charge in [-0.05, 0) is 30.0 Å². The van der Waals surface area contributed by atoms with Crippen LogP contribution in [0.5, 0.6) is 0 Å². The summed E-state index contributed by atoms with van der Waals surface area (Å²) in [5.74, 6) is 0.0846. The van der Waals surface area contributed by atoms with Crippen molar-refractivity contribution in [2.45, 2.75) is 32.5 Å². The first-order valence-electron chi connectivity index (χ1n) is 6.31. The summed E-state index contributed by atoms with van der Waals surface area (Å²) in [4.78, 5) is 0. The monoisotopic (exact) mass is 255 g/mol. The van der Waals surface area contributed by atoms with Gasteiger partial charge in [-0.1, -0.05) is 26.0 Å². The Morgan fingerprint density at radius 1 is 1.22 bits per heavy atom. The zero-order valence-electron chi connectivity index (χ0n) is 10.9. The van der Waals surface area contributed by atoms with Crippen LogP contribution in [0.25, 0.3) is 0 Å². The molecule has 0 saturated carbocycles. The van der Waals surface area contributed by atoms with Gasteiger partial charge in [0, 0.05) is 13.1 Å². The average molecular weight is 255 g/mol. The van der Waals surface area contributed by atoms with E-state index >= 15 is 0 Å². The molecule has 1 aromatic rings. The second kappa shape index (κ2) is 7.46. The summed E-state index contributed by atoms with van der Waals surface area (Å²) in [6, 6.07) is 5.91. The molecule has 18 heavy (non-hydrogen) atoms. The fourth-order valence-electron chi connectivity index (χ4n) is 1.85. The summed E-state index contributed by atoms with van der Waals surface area (Å²) in [5.41, 5.74) is 0.542.